The zero-order valence-corrected chi connectivity index (χ0v) is 11.8. The van der Waals surface area contributed by atoms with Gasteiger partial charge >= 0.3 is 6.18 Å². The number of pyridine rings is 1. The molecule has 1 aromatic heterocycles. The number of nitrogens with one attached hydrogen (secondary N) is 1. The van der Waals surface area contributed by atoms with Crippen molar-refractivity contribution in [3.05, 3.63) is 59.7 Å². The number of halogens is 4. The molecule has 0 spiro atoms. The monoisotopic (exact) mass is 324 g/mol. The van der Waals surface area contributed by atoms with E-state index in [-0.39, 0.29) is 5.69 Å². The van der Waals surface area contributed by atoms with Gasteiger partial charge in [-0.15, -0.1) is 0 Å². The first-order chi connectivity index (χ1) is 10.8. The van der Waals surface area contributed by atoms with Crippen LogP contribution in [0.4, 0.5) is 23.2 Å². The van der Waals surface area contributed by atoms with E-state index in [2.05, 4.69) is 10.3 Å². The maximum Gasteiger partial charge on any atom is 0.416 e. The third-order valence-electron chi connectivity index (χ3n) is 3.97. The lowest BCUT2D eigenvalue weighted by Gasteiger charge is -2.17. The van der Waals surface area contributed by atoms with Gasteiger partial charge in [-0.05, 0) is 36.6 Å². The van der Waals surface area contributed by atoms with Crippen LogP contribution in [-0.2, 0) is 16.4 Å². The highest BCUT2D eigenvalue weighted by Crippen LogP contribution is 2.49. The Morgan fingerprint density at radius 2 is 1.78 bits per heavy atom. The van der Waals surface area contributed by atoms with Crippen molar-refractivity contribution < 1.29 is 22.4 Å². The van der Waals surface area contributed by atoms with E-state index in [4.69, 9.17) is 0 Å². The topological polar surface area (TPSA) is 42.0 Å². The van der Waals surface area contributed by atoms with Crippen molar-refractivity contribution >= 4 is 11.6 Å². The number of alkyl halides is 3. The molecule has 1 aliphatic rings. The quantitative estimate of drug-likeness (QED) is 0.870. The predicted molar refractivity (Wildman–Crippen MR) is 75.2 cm³/mol. The van der Waals surface area contributed by atoms with Gasteiger partial charge in [0.05, 0.1) is 22.9 Å². The van der Waals surface area contributed by atoms with Gasteiger partial charge in [0.2, 0.25) is 5.91 Å². The van der Waals surface area contributed by atoms with Crippen LogP contribution < -0.4 is 5.32 Å². The van der Waals surface area contributed by atoms with Crippen LogP contribution in [0.25, 0.3) is 0 Å². The maximum absolute atomic E-state index is 13.5. The summed E-state index contributed by atoms with van der Waals surface area (Å²) >= 11 is 0. The highest BCUT2D eigenvalue weighted by atomic mass is 19.4. The molecule has 7 heteroatoms. The fraction of sp³-hybridized carbons (Fsp3) is 0.250. The number of aromatic nitrogens is 1. The van der Waals surface area contributed by atoms with Crippen molar-refractivity contribution in [2.45, 2.75) is 24.4 Å². The first kappa shape index (κ1) is 15.5. The highest BCUT2D eigenvalue weighted by Gasteiger charge is 2.51. The molecule has 0 saturated heterocycles. The Balaban J connectivity index is 1.82. The zero-order valence-electron chi connectivity index (χ0n) is 11.8. The second-order valence-electron chi connectivity index (χ2n) is 5.47. The number of nitrogens with zero attached hydrogens (tertiary/aromatic N) is 1. The summed E-state index contributed by atoms with van der Waals surface area (Å²) in [7, 11) is 0. The van der Waals surface area contributed by atoms with Crippen molar-refractivity contribution in [1.82, 2.24) is 4.98 Å². The molecule has 0 aliphatic heterocycles. The van der Waals surface area contributed by atoms with E-state index in [1.54, 1.807) is 0 Å². The van der Waals surface area contributed by atoms with E-state index in [0.29, 0.717) is 18.4 Å². The normalized spacial score (nSPS) is 16.0. The minimum atomic E-state index is -4.42. The fourth-order valence-corrected chi connectivity index (χ4v) is 2.47. The summed E-state index contributed by atoms with van der Waals surface area (Å²) in [5, 5.41) is 2.48. The molecule has 3 nitrogen and oxygen atoms in total. The molecule has 1 fully saturated rings. The van der Waals surface area contributed by atoms with Crippen molar-refractivity contribution in [3.8, 4) is 0 Å². The molecular weight excluding hydrogens is 312 g/mol. The van der Waals surface area contributed by atoms with E-state index in [1.807, 2.05) is 0 Å². The van der Waals surface area contributed by atoms with Crippen LogP contribution in [0.2, 0.25) is 0 Å². The van der Waals surface area contributed by atoms with Gasteiger partial charge in [0.25, 0.3) is 0 Å². The number of carbonyl (C=O) groups is 1. The van der Waals surface area contributed by atoms with Crippen molar-refractivity contribution in [2.24, 2.45) is 0 Å². The summed E-state index contributed by atoms with van der Waals surface area (Å²) in [6.45, 7) is 0. The van der Waals surface area contributed by atoms with Gasteiger partial charge in [-0.2, -0.15) is 13.2 Å². The first-order valence-electron chi connectivity index (χ1n) is 6.92. The molecule has 23 heavy (non-hydrogen) atoms. The lowest BCUT2D eigenvalue weighted by atomic mass is 9.94. The fourth-order valence-electron chi connectivity index (χ4n) is 2.47. The Morgan fingerprint density at radius 3 is 2.30 bits per heavy atom. The molecule has 1 heterocycles. The Bertz CT molecular complexity index is 736. The molecule has 1 aromatic carbocycles. The number of anilines is 1. The van der Waals surface area contributed by atoms with Gasteiger partial charge in [0.15, 0.2) is 5.82 Å². The van der Waals surface area contributed by atoms with Gasteiger partial charge in [-0.1, -0.05) is 12.1 Å². The van der Waals surface area contributed by atoms with Crippen LogP contribution in [0.3, 0.4) is 0 Å². The first-order valence-corrected chi connectivity index (χ1v) is 6.92. The molecule has 0 unspecified atom stereocenters. The Morgan fingerprint density at radius 1 is 1.13 bits per heavy atom. The SMILES string of the molecule is O=C(Nc1ccncc1F)C1(c2ccc(C(F)(F)F)cc2)CC1. The summed E-state index contributed by atoms with van der Waals surface area (Å²) in [6, 6.07) is 5.85. The summed E-state index contributed by atoms with van der Waals surface area (Å²) in [5.41, 5.74) is -1.15. The summed E-state index contributed by atoms with van der Waals surface area (Å²) < 4.78 is 51.3. The molecule has 1 saturated carbocycles. The molecule has 2 aromatic rings. The van der Waals surface area contributed by atoms with Gasteiger partial charge < -0.3 is 5.32 Å². The van der Waals surface area contributed by atoms with Crippen LogP contribution in [0, 0.1) is 5.82 Å². The molecule has 0 atom stereocenters. The predicted octanol–water partition coefficient (Wildman–Crippen LogP) is 3.91. The number of hydrogen-bond donors (Lipinski definition) is 1. The van der Waals surface area contributed by atoms with E-state index in [0.717, 1.165) is 18.3 Å². The Kier molecular flexibility index (Phi) is 3.58. The second kappa shape index (κ2) is 5.33. The largest absolute Gasteiger partial charge is 0.416 e. The average Bonchev–Trinajstić information content (AvgIpc) is 3.31. The molecule has 120 valence electrons. The van der Waals surface area contributed by atoms with Crippen molar-refractivity contribution in [3.63, 3.8) is 0 Å². The van der Waals surface area contributed by atoms with Crippen molar-refractivity contribution in [1.29, 1.82) is 0 Å². The van der Waals surface area contributed by atoms with Crippen LogP contribution in [0.1, 0.15) is 24.0 Å². The number of hydrogen-bond acceptors (Lipinski definition) is 2. The molecule has 0 radical (unpaired) electrons. The van der Waals surface area contributed by atoms with Gasteiger partial charge in [0.1, 0.15) is 0 Å². The lowest BCUT2D eigenvalue weighted by Crippen LogP contribution is -2.28. The van der Waals surface area contributed by atoms with Gasteiger partial charge in [-0.3, -0.25) is 9.78 Å². The molecular formula is C16H12F4N2O. The number of rotatable bonds is 3. The third kappa shape index (κ3) is 2.91. The van der Waals surface area contributed by atoms with Crippen molar-refractivity contribution in [2.75, 3.05) is 5.32 Å². The minimum Gasteiger partial charge on any atom is -0.323 e. The van der Waals surface area contributed by atoms with E-state index in [9.17, 15) is 22.4 Å². The molecule has 1 aliphatic carbocycles. The third-order valence-corrected chi connectivity index (χ3v) is 3.97. The maximum atomic E-state index is 13.5. The highest BCUT2D eigenvalue weighted by molar-refractivity contribution is 6.01. The standard InChI is InChI=1S/C16H12F4N2O/c17-12-9-21-8-5-13(12)22-14(23)15(6-7-15)10-1-3-11(4-2-10)16(18,19)20/h1-5,8-9H,6-7H2,(H,21,22,23). The van der Waals surface area contributed by atoms with Crippen LogP contribution in [0.15, 0.2) is 42.7 Å². The van der Waals surface area contributed by atoms with Crippen LogP contribution in [0.5, 0.6) is 0 Å². The Hall–Kier alpha value is -2.44. The van der Waals surface area contributed by atoms with Crippen LogP contribution >= 0.6 is 0 Å². The average molecular weight is 324 g/mol. The summed E-state index contributed by atoms with van der Waals surface area (Å²) in [4.78, 5) is 16.0. The van der Waals surface area contributed by atoms with E-state index in [1.165, 1.54) is 24.4 Å². The lowest BCUT2D eigenvalue weighted by molar-refractivity contribution is -0.137. The Labute approximate surface area is 129 Å². The molecule has 0 bridgehead atoms. The molecule has 1 amide bonds. The van der Waals surface area contributed by atoms with E-state index < -0.39 is 28.9 Å². The number of carbonyl (C=O) groups excluding carboxylic acids is 1. The van der Waals surface area contributed by atoms with Gasteiger partial charge in [0, 0.05) is 6.20 Å². The molecule has 3 rings (SSSR count). The number of benzene rings is 1. The second-order valence-corrected chi connectivity index (χ2v) is 5.47. The van der Waals surface area contributed by atoms with E-state index >= 15 is 0 Å². The molecule has 1 N–H and O–H groups in total. The number of amides is 1. The zero-order chi connectivity index (χ0) is 16.7. The van der Waals surface area contributed by atoms with Crippen LogP contribution in [-0.4, -0.2) is 10.9 Å². The smallest absolute Gasteiger partial charge is 0.323 e. The summed E-state index contributed by atoms with van der Waals surface area (Å²) in [5.74, 6) is -1.09. The summed E-state index contributed by atoms with van der Waals surface area (Å²) in [6.07, 6.45) is -1.07. The minimum absolute atomic E-state index is 0.00295. The van der Waals surface area contributed by atoms with Gasteiger partial charge in [-0.25, -0.2) is 4.39 Å².